The molecule has 0 aromatic heterocycles. The quantitative estimate of drug-likeness (QED) is 0.778. The minimum atomic E-state index is -3.48. The number of nitrogens with one attached hydrogen (secondary N) is 1. The first-order valence-electron chi connectivity index (χ1n) is 8.96. The number of carbonyl (C=O) groups excluding carboxylic acids is 1. The fraction of sp³-hybridized carbons (Fsp3) is 0.611. The zero-order valence-electron chi connectivity index (χ0n) is 15.9. The van der Waals surface area contributed by atoms with Gasteiger partial charge >= 0.3 is 0 Å². The zero-order valence-corrected chi connectivity index (χ0v) is 16.8. The van der Waals surface area contributed by atoms with Crippen molar-refractivity contribution in [3.8, 4) is 5.75 Å². The summed E-state index contributed by atoms with van der Waals surface area (Å²) in [7, 11) is -0.471. The van der Waals surface area contributed by atoms with Crippen LogP contribution in [-0.4, -0.2) is 56.7 Å². The van der Waals surface area contributed by atoms with Crippen LogP contribution in [0, 0.1) is 5.92 Å². The van der Waals surface area contributed by atoms with Crippen molar-refractivity contribution >= 4 is 16.1 Å². The van der Waals surface area contributed by atoms with E-state index >= 15 is 0 Å². The van der Waals surface area contributed by atoms with Crippen LogP contribution in [0.3, 0.4) is 0 Å². The lowest BCUT2D eigenvalue weighted by molar-refractivity contribution is -0.126. The zero-order chi connectivity index (χ0) is 19.3. The molecule has 26 heavy (non-hydrogen) atoms. The number of hydrogen-bond donors (Lipinski definition) is 1. The second-order valence-corrected chi connectivity index (χ2v) is 8.86. The number of carbonyl (C=O) groups is 1. The first kappa shape index (κ1) is 20.7. The Hall–Kier alpha value is -1.64. The summed E-state index contributed by atoms with van der Waals surface area (Å²) in [6, 6.07) is 7.47. The molecule has 7 nitrogen and oxygen atoms in total. The highest BCUT2D eigenvalue weighted by atomic mass is 32.2. The van der Waals surface area contributed by atoms with Crippen molar-refractivity contribution < 1.29 is 17.9 Å². The fourth-order valence-corrected chi connectivity index (χ4v) is 4.22. The predicted molar refractivity (Wildman–Crippen MR) is 101 cm³/mol. The number of piperidine rings is 1. The van der Waals surface area contributed by atoms with E-state index < -0.39 is 10.2 Å². The first-order valence-corrected chi connectivity index (χ1v) is 10.4. The molecule has 1 amide bonds. The van der Waals surface area contributed by atoms with Gasteiger partial charge < -0.3 is 10.1 Å². The van der Waals surface area contributed by atoms with Crippen LogP contribution in [0.1, 0.15) is 38.3 Å². The molecule has 1 heterocycles. The minimum absolute atomic E-state index is 0.106. The van der Waals surface area contributed by atoms with Gasteiger partial charge in [0.25, 0.3) is 10.2 Å². The van der Waals surface area contributed by atoms with Crippen LogP contribution >= 0.6 is 0 Å². The summed E-state index contributed by atoms with van der Waals surface area (Å²) in [5, 5.41) is 3.00. The molecule has 2 rings (SSSR count). The van der Waals surface area contributed by atoms with E-state index in [1.807, 2.05) is 38.1 Å². The Balaban J connectivity index is 1.98. The molecule has 146 valence electrons. The molecule has 0 saturated carbocycles. The van der Waals surface area contributed by atoms with Crippen molar-refractivity contribution in [3.05, 3.63) is 29.8 Å². The molecule has 0 spiro atoms. The topological polar surface area (TPSA) is 79.0 Å². The Morgan fingerprint density at radius 3 is 2.58 bits per heavy atom. The Morgan fingerprint density at radius 2 is 2.00 bits per heavy atom. The van der Waals surface area contributed by atoms with Crippen LogP contribution in [-0.2, 0) is 15.0 Å². The number of amides is 1. The average molecular weight is 384 g/mol. The van der Waals surface area contributed by atoms with Crippen LogP contribution in [0.2, 0.25) is 0 Å². The number of ether oxygens (including phenoxy) is 1. The van der Waals surface area contributed by atoms with Gasteiger partial charge in [0.1, 0.15) is 5.75 Å². The molecule has 1 aromatic carbocycles. The summed E-state index contributed by atoms with van der Waals surface area (Å²) < 4.78 is 32.6. The SMILES string of the molecule is CCOc1ccc([C@H](C)NC(=O)[C@H]2CCCN(S(=O)(=O)N(C)C)C2)cc1. The predicted octanol–water partition coefficient (Wildman–Crippen LogP) is 1.78. The van der Waals surface area contributed by atoms with Gasteiger partial charge in [-0.15, -0.1) is 0 Å². The van der Waals surface area contributed by atoms with Crippen molar-refractivity contribution in [2.24, 2.45) is 5.92 Å². The maximum Gasteiger partial charge on any atom is 0.281 e. The third kappa shape index (κ3) is 4.96. The Morgan fingerprint density at radius 1 is 1.35 bits per heavy atom. The van der Waals surface area contributed by atoms with Gasteiger partial charge in [0.15, 0.2) is 0 Å². The molecular weight excluding hydrogens is 354 g/mol. The van der Waals surface area contributed by atoms with Gasteiger partial charge in [-0.2, -0.15) is 17.0 Å². The molecule has 1 fully saturated rings. The molecule has 1 aliphatic rings. The highest BCUT2D eigenvalue weighted by molar-refractivity contribution is 7.86. The van der Waals surface area contributed by atoms with Crippen LogP contribution in [0.15, 0.2) is 24.3 Å². The number of benzene rings is 1. The molecule has 1 saturated heterocycles. The lowest BCUT2D eigenvalue weighted by atomic mass is 9.98. The van der Waals surface area contributed by atoms with Crippen molar-refractivity contribution in [1.82, 2.24) is 13.9 Å². The Kier molecular flexibility index (Phi) is 7.02. The van der Waals surface area contributed by atoms with E-state index in [9.17, 15) is 13.2 Å². The van der Waals surface area contributed by atoms with E-state index in [1.165, 1.54) is 22.7 Å². The van der Waals surface area contributed by atoms with E-state index in [0.29, 0.717) is 26.0 Å². The van der Waals surface area contributed by atoms with E-state index in [1.54, 1.807) is 0 Å². The third-order valence-electron chi connectivity index (χ3n) is 4.59. The minimum Gasteiger partial charge on any atom is -0.494 e. The Labute approximate surface area is 156 Å². The van der Waals surface area contributed by atoms with Crippen molar-refractivity contribution in [1.29, 1.82) is 0 Å². The first-order chi connectivity index (χ1) is 12.3. The van der Waals surface area contributed by atoms with Crippen LogP contribution < -0.4 is 10.1 Å². The van der Waals surface area contributed by atoms with E-state index in [-0.39, 0.29) is 24.4 Å². The van der Waals surface area contributed by atoms with Gasteiger partial charge in [-0.3, -0.25) is 4.79 Å². The molecular formula is C18H29N3O4S. The molecule has 0 aliphatic carbocycles. The lowest BCUT2D eigenvalue weighted by Gasteiger charge is -2.33. The summed E-state index contributed by atoms with van der Waals surface area (Å²) >= 11 is 0. The summed E-state index contributed by atoms with van der Waals surface area (Å²) in [4.78, 5) is 12.6. The smallest absolute Gasteiger partial charge is 0.281 e. The summed E-state index contributed by atoms with van der Waals surface area (Å²) in [5.41, 5.74) is 0.982. The van der Waals surface area contributed by atoms with Crippen molar-refractivity contribution in [2.45, 2.75) is 32.7 Å². The van der Waals surface area contributed by atoms with Gasteiger partial charge in [0.05, 0.1) is 18.6 Å². The second-order valence-electron chi connectivity index (χ2n) is 6.72. The fourth-order valence-electron chi connectivity index (χ4n) is 3.03. The molecule has 0 bridgehead atoms. The van der Waals surface area contributed by atoms with Crippen LogP contribution in [0.25, 0.3) is 0 Å². The average Bonchev–Trinajstić information content (AvgIpc) is 2.62. The second kappa shape index (κ2) is 8.83. The van der Waals surface area contributed by atoms with E-state index in [2.05, 4.69) is 5.32 Å². The van der Waals surface area contributed by atoms with Gasteiger partial charge in [-0.25, -0.2) is 0 Å². The van der Waals surface area contributed by atoms with Gasteiger partial charge in [-0.05, 0) is 44.4 Å². The number of rotatable bonds is 7. The maximum absolute atomic E-state index is 12.6. The normalized spacial score (nSPS) is 20.0. The largest absolute Gasteiger partial charge is 0.494 e. The van der Waals surface area contributed by atoms with Crippen LogP contribution in [0.5, 0.6) is 5.75 Å². The van der Waals surface area contributed by atoms with E-state index in [0.717, 1.165) is 11.3 Å². The molecule has 1 aliphatic heterocycles. The lowest BCUT2D eigenvalue weighted by Crippen LogP contribution is -2.49. The highest BCUT2D eigenvalue weighted by Crippen LogP contribution is 2.22. The number of hydrogen-bond acceptors (Lipinski definition) is 4. The Bertz CT molecular complexity index is 704. The van der Waals surface area contributed by atoms with Gasteiger partial charge in [-0.1, -0.05) is 12.1 Å². The molecule has 1 aromatic rings. The molecule has 1 N–H and O–H groups in total. The number of nitrogens with zero attached hydrogens (tertiary/aromatic N) is 2. The van der Waals surface area contributed by atoms with Gasteiger partial charge in [0, 0.05) is 27.2 Å². The van der Waals surface area contributed by atoms with E-state index in [4.69, 9.17) is 4.74 Å². The maximum atomic E-state index is 12.6. The molecule has 2 atom stereocenters. The molecule has 8 heteroatoms. The molecule has 0 unspecified atom stereocenters. The van der Waals surface area contributed by atoms with Crippen molar-refractivity contribution in [2.75, 3.05) is 33.8 Å². The highest BCUT2D eigenvalue weighted by Gasteiger charge is 2.33. The van der Waals surface area contributed by atoms with Crippen LogP contribution in [0.4, 0.5) is 0 Å². The standard InChI is InChI=1S/C18H29N3O4S/c1-5-25-17-10-8-15(9-11-17)14(2)19-18(22)16-7-6-12-21(13-16)26(23,24)20(3)4/h8-11,14,16H,5-7,12-13H2,1-4H3,(H,19,22)/t14-,16-/m0/s1. The van der Waals surface area contributed by atoms with Gasteiger partial charge in [0.2, 0.25) is 5.91 Å². The summed E-state index contributed by atoms with van der Waals surface area (Å²) in [6.45, 7) is 5.15. The molecule has 0 radical (unpaired) electrons. The summed E-state index contributed by atoms with van der Waals surface area (Å²) in [6.07, 6.45) is 1.38. The third-order valence-corrected chi connectivity index (χ3v) is 6.50. The summed E-state index contributed by atoms with van der Waals surface area (Å²) in [5.74, 6) is 0.361. The van der Waals surface area contributed by atoms with Crippen molar-refractivity contribution in [3.63, 3.8) is 0 Å². The monoisotopic (exact) mass is 383 g/mol.